The van der Waals surface area contributed by atoms with Crippen LogP contribution in [0.25, 0.3) is 10.9 Å². The number of hydrogen-bond donors (Lipinski definition) is 0. The summed E-state index contributed by atoms with van der Waals surface area (Å²) in [7, 11) is 0. The molecule has 0 spiro atoms. The van der Waals surface area contributed by atoms with Gasteiger partial charge in [0.25, 0.3) is 0 Å². The van der Waals surface area contributed by atoms with Crippen LogP contribution in [-0.2, 0) is 13.0 Å². The minimum absolute atomic E-state index is 0.756. The van der Waals surface area contributed by atoms with E-state index in [1.807, 2.05) is 24.4 Å². The minimum atomic E-state index is 0.756. The average molecular weight is 260 g/mol. The van der Waals surface area contributed by atoms with E-state index in [1.54, 1.807) is 0 Å². The van der Waals surface area contributed by atoms with Gasteiger partial charge in [-0.25, -0.2) is 0 Å². The van der Waals surface area contributed by atoms with Crippen molar-refractivity contribution in [2.45, 2.75) is 19.9 Å². The highest BCUT2D eigenvalue weighted by Crippen LogP contribution is 2.23. The number of aryl methyl sites for hydroxylation is 1. The summed E-state index contributed by atoms with van der Waals surface area (Å²) in [6.07, 6.45) is 2.95. The smallest absolute Gasteiger partial charge is 0.101 e. The highest BCUT2D eigenvalue weighted by atomic mass is 15.0. The predicted molar refractivity (Wildman–Crippen MR) is 81.6 cm³/mol. The molecule has 2 nitrogen and oxygen atoms in total. The fourth-order valence-corrected chi connectivity index (χ4v) is 2.56. The van der Waals surface area contributed by atoms with E-state index in [4.69, 9.17) is 0 Å². The lowest BCUT2D eigenvalue weighted by Crippen LogP contribution is -1.97. The van der Waals surface area contributed by atoms with Crippen molar-refractivity contribution in [1.29, 1.82) is 5.26 Å². The third-order valence-corrected chi connectivity index (χ3v) is 3.67. The van der Waals surface area contributed by atoms with Crippen molar-refractivity contribution in [1.82, 2.24) is 4.57 Å². The van der Waals surface area contributed by atoms with E-state index in [-0.39, 0.29) is 0 Å². The van der Waals surface area contributed by atoms with Gasteiger partial charge in [0.1, 0.15) is 6.07 Å². The number of rotatable bonds is 3. The summed E-state index contributed by atoms with van der Waals surface area (Å²) < 4.78 is 2.16. The highest BCUT2D eigenvalue weighted by Gasteiger charge is 2.09. The molecule has 20 heavy (non-hydrogen) atoms. The van der Waals surface area contributed by atoms with Crippen LogP contribution in [0.5, 0.6) is 0 Å². The lowest BCUT2D eigenvalue weighted by Gasteiger charge is -2.06. The molecule has 2 heteroatoms. The van der Waals surface area contributed by atoms with Crippen molar-refractivity contribution in [2.24, 2.45) is 0 Å². The van der Waals surface area contributed by atoms with Gasteiger partial charge in [0.2, 0.25) is 0 Å². The number of aromatic nitrogens is 1. The molecule has 0 bridgehead atoms. The molecule has 0 saturated heterocycles. The van der Waals surface area contributed by atoms with Gasteiger partial charge in [-0.1, -0.05) is 43.3 Å². The van der Waals surface area contributed by atoms with Gasteiger partial charge in [-0.2, -0.15) is 5.26 Å². The topological polar surface area (TPSA) is 28.7 Å². The van der Waals surface area contributed by atoms with E-state index in [0.717, 1.165) is 29.4 Å². The van der Waals surface area contributed by atoms with Gasteiger partial charge in [-0.05, 0) is 29.7 Å². The second-order valence-electron chi connectivity index (χ2n) is 4.97. The van der Waals surface area contributed by atoms with Crippen LogP contribution in [-0.4, -0.2) is 4.57 Å². The maximum Gasteiger partial charge on any atom is 0.101 e. The highest BCUT2D eigenvalue weighted by molar-refractivity contribution is 5.87. The second-order valence-corrected chi connectivity index (χ2v) is 4.97. The molecule has 0 aliphatic rings. The molecule has 98 valence electrons. The zero-order valence-corrected chi connectivity index (χ0v) is 11.5. The monoisotopic (exact) mass is 260 g/mol. The molecule has 0 aliphatic carbocycles. The Morgan fingerprint density at radius 2 is 1.85 bits per heavy atom. The average Bonchev–Trinajstić information content (AvgIpc) is 2.85. The Kier molecular flexibility index (Phi) is 3.26. The van der Waals surface area contributed by atoms with Gasteiger partial charge in [0.15, 0.2) is 0 Å². The van der Waals surface area contributed by atoms with Crippen LogP contribution in [0.1, 0.15) is 23.6 Å². The Morgan fingerprint density at radius 1 is 1.05 bits per heavy atom. The van der Waals surface area contributed by atoms with Crippen LogP contribution in [0.4, 0.5) is 0 Å². The van der Waals surface area contributed by atoms with Crippen molar-refractivity contribution < 1.29 is 0 Å². The van der Waals surface area contributed by atoms with Gasteiger partial charge < -0.3 is 4.57 Å². The summed E-state index contributed by atoms with van der Waals surface area (Å²) in [6, 6.07) is 19.0. The van der Waals surface area contributed by atoms with Gasteiger partial charge >= 0.3 is 0 Å². The molecule has 0 saturated carbocycles. The SMILES string of the molecule is CCc1ccc2c(c1)c(C#N)cn2Cc1ccccc1. The molecule has 0 aliphatic heterocycles. The molecule has 0 N–H and O–H groups in total. The van der Waals surface area contributed by atoms with Crippen molar-refractivity contribution >= 4 is 10.9 Å². The predicted octanol–water partition coefficient (Wildman–Crippen LogP) is 4.12. The molecule has 1 heterocycles. The fraction of sp³-hybridized carbons (Fsp3) is 0.167. The lowest BCUT2D eigenvalue weighted by atomic mass is 10.1. The number of fused-ring (bicyclic) bond motifs is 1. The third kappa shape index (κ3) is 2.19. The first-order chi connectivity index (χ1) is 9.81. The Morgan fingerprint density at radius 3 is 2.55 bits per heavy atom. The van der Waals surface area contributed by atoms with Crippen LogP contribution in [0.2, 0.25) is 0 Å². The summed E-state index contributed by atoms with van der Waals surface area (Å²) in [5.41, 5.74) is 4.40. The molecule has 0 unspecified atom stereocenters. The number of nitriles is 1. The molecule has 0 atom stereocenters. The Labute approximate surface area is 118 Å². The molecule has 2 aromatic carbocycles. The number of hydrogen-bond acceptors (Lipinski definition) is 1. The molecule has 0 amide bonds. The summed E-state index contributed by atoms with van der Waals surface area (Å²) in [5.74, 6) is 0. The normalized spacial score (nSPS) is 10.6. The first kappa shape index (κ1) is 12.5. The van der Waals surface area contributed by atoms with E-state index in [1.165, 1.54) is 11.1 Å². The van der Waals surface area contributed by atoms with E-state index < -0.39 is 0 Å². The summed E-state index contributed by atoms with van der Waals surface area (Å²) in [6.45, 7) is 2.93. The van der Waals surface area contributed by atoms with Gasteiger partial charge in [0.05, 0.1) is 5.56 Å². The van der Waals surface area contributed by atoms with Crippen LogP contribution in [0.15, 0.2) is 54.7 Å². The lowest BCUT2D eigenvalue weighted by molar-refractivity contribution is 0.835. The Balaban J connectivity index is 2.10. The van der Waals surface area contributed by atoms with Crippen LogP contribution in [0, 0.1) is 11.3 Å². The Bertz CT molecular complexity index is 776. The van der Waals surface area contributed by atoms with E-state index in [2.05, 4.69) is 47.9 Å². The minimum Gasteiger partial charge on any atom is -0.342 e. The van der Waals surface area contributed by atoms with Crippen molar-refractivity contribution in [3.05, 3.63) is 71.4 Å². The molecule has 1 aromatic heterocycles. The van der Waals surface area contributed by atoms with Crippen molar-refractivity contribution in [3.8, 4) is 6.07 Å². The molecule has 0 radical (unpaired) electrons. The van der Waals surface area contributed by atoms with Crippen LogP contribution in [0.3, 0.4) is 0 Å². The third-order valence-electron chi connectivity index (χ3n) is 3.67. The Hall–Kier alpha value is -2.53. The van der Waals surface area contributed by atoms with Crippen molar-refractivity contribution in [3.63, 3.8) is 0 Å². The molecule has 3 rings (SSSR count). The summed E-state index contributed by atoms with van der Waals surface area (Å²) >= 11 is 0. The van der Waals surface area contributed by atoms with Gasteiger partial charge in [0, 0.05) is 23.6 Å². The number of nitrogens with zero attached hydrogens (tertiary/aromatic N) is 2. The molecular weight excluding hydrogens is 244 g/mol. The zero-order chi connectivity index (χ0) is 13.9. The molecule has 0 fully saturated rings. The molecular formula is C18H16N2. The number of benzene rings is 2. The quantitative estimate of drug-likeness (QED) is 0.696. The summed E-state index contributed by atoms with van der Waals surface area (Å²) in [4.78, 5) is 0. The van der Waals surface area contributed by atoms with E-state index in [9.17, 15) is 5.26 Å². The van der Waals surface area contributed by atoms with Crippen LogP contribution < -0.4 is 0 Å². The van der Waals surface area contributed by atoms with Crippen LogP contribution >= 0.6 is 0 Å². The second kappa shape index (κ2) is 5.22. The zero-order valence-electron chi connectivity index (χ0n) is 11.5. The van der Waals surface area contributed by atoms with Gasteiger partial charge in [-0.3, -0.25) is 0 Å². The van der Waals surface area contributed by atoms with Gasteiger partial charge in [-0.15, -0.1) is 0 Å². The maximum atomic E-state index is 9.32. The fourth-order valence-electron chi connectivity index (χ4n) is 2.56. The first-order valence-corrected chi connectivity index (χ1v) is 6.87. The van der Waals surface area contributed by atoms with E-state index >= 15 is 0 Å². The van der Waals surface area contributed by atoms with E-state index in [0.29, 0.717) is 0 Å². The molecule has 3 aromatic rings. The standard InChI is InChI=1S/C18H16N2/c1-2-14-8-9-18-17(10-14)16(11-19)13-20(18)12-15-6-4-3-5-7-15/h3-10,13H,2,12H2,1H3. The summed E-state index contributed by atoms with van der Waals surface area (Å²) in [5, 5.41) is 10.4. The maximum absolute atomic E-state index is 9.32. The first-order valence-electron chi connectivity index (χ1n) is 6.87. The van der Waals surface area contributed by atoms with Crippen molar-refractivity contribution in [2.75, 3.05) is 0 Å². The largest absolute Gasteiger partial charge is 0.342 e.